The fraction of sp³-hybridized carbons (Fsp3) is 0.269. The highest BCUT2D eigenvalue weighted by Crippen LogP contribution is 2.39. The van der Waals surface area contributed by atoms with Gasteiger partial charge in [0.15, 0.2) is 11.5 Å². The first-order valence-corrected chi connectivity index (χ1v) is 10.7. The summed E-state index contributed by atoms with van der Waals surface area (Å²) in [7, 11) is 4.82. The van der Waals surface area contributed by atoms with Crippen LogP contribution in [0.2, 0.25) is 0 Å². The number of nitrogens with zero attached hydrogens (tertiary/aromatic N) is 1. The van der Waals surface area contributed by atoms with Gasteiger partial charge in [0.25, 0.3) is 5.91 Å². The fourth-order valence-electron chi connectivity index (χ4n) is 4.07. The van der Waals surface area contributed by atoms with Crippen LogP contribution in [0.4, 0.5) is 0 Å². The number of carbonyl (C=O) groups excluding carboxylic acids is 1. The van der Waals surface area contributed by atoms with Crippen molar-refractivity contribution >= 4 is 5.91 Å². The van der Waals surface area contributed by atoms with Crippen molar-refractivity contribution in [3.05, 3.63) is 77.4 Å². The number of rotatable bonds is 7. The van der Waals surface area contributed by atoms with E-state index >= 15 is 0 Å². The SMILES string of the molecule is COc1ccc(OCC2c3cc(OC)c(OC)cc3CCN2C(=O)c2ccc(O)cc2)cc1. The molecule has 0 aromatic heterocycles. The second-order valence-corrected chi connectivity index (χ2v) is 7.70. The van der Waals surface area contributed by atoms with E-state index in [9.17, 15) is 9.90 Å². The van der Waals surface area contributed by atoms with Gasteiger partial charge in [-0.1, -0.05) is 0 Å². The lowest BCUT2D eigenvalue weighted by molar-refractivity contribution is 0.0589. The summed E-state index contributed by atoms with van der Waals surface area (Å²) in [4.78, 5) is 15.2. The van der Waals surface area contributed by atoms with Gasteiger partial charge in [-0.25, -0.2) is 0 Å². The van der Waals surface area contributed by atoms with Crippen LogP contribution in [0.15, 0.2) is 60.7 Å². The second kappa shape index (κ2) is 9.73. The molecule has 0 fully saturated rings. The number of carbonyl (C=O) groups is 1. The molecule has 1 aliphatic heterocycles. The molecule has 7 nitrogen and oxygen atoms in total. The number of benzene rings is 3. The molecule has 4 rings (SSSR count). The predicted molar refractivity (Wildman–Crippen MR) is 124 cm³/mol. The third kappa shape index (κ3) is 4.67. The Balaban J connectivity index is 1.68. The molecule has 1 atom stereocenters. The zero-order valence-corrected chi connectivity index (χ0v) is 18.9. The minimum atomic E-state index is -0.336. The lowest BCUT2D eigenvalue weighted by Crippen LogP contribution is -2.42. The van der Waals surface area contributed by atoms with Crippen molar-refractivity contribution in [3.63, 3.8) is 0 Å². The minimum absolute atomic E-state index is 0.117. The maximum atomic E-state index is 13.4. The van der Waals surface area contributed by atoms with E-state index in [1.807, 2.05) is 41.3 Å². The molecule has 0 saturated carbocycles. The third-order valence-electron chi connectivity index (χ3n) is 5.85. The van der Waals surface area contributed by atoms with Crippen molar-refractivity contribution in [2.45, 2.75) is 12.5 Å². The van der Waals surface area contributed by atoms with Crippen LogP contribution in [0, 0.1) is 0 Å². The van der Waals surface area contributed by atoms with Gasteiger partial charge in [-0.3, -0.25) is 4.79 Å². The number of hydrogen-bond acceptors (Lipinski definition) is 6. The van der Waals surface area contributed by atoms with E-state index in [0.29, 0.717) is 35.8 Å². The van der Waals surface area contributed by atoms with Crippen LogP contribution in [-0.2, 0) is 6.42 Å². The topological polar surface area (TPSA) is 77.5 Å². The summed E-state index contributed by atoms with van der Waals surface area (Å²) >= 11 is 0. The zero-order chi connectivity index (χ0) is 23.4. The van der Waals surface area contributed by atoms with Gasteiger partial charge in [0, 0.05) is 12.1 Å². The Hall–Kier alpha value is -3.87. The van der Waals surface area contributed by atoms with Gasteiger partial charge in [-0.05, 0) is 78.2 Å². The van der Waals surface area contributed by atoms with Crippen LogP contribution in [0.3, 0.4) is 0 Å². The highest BCUT2D eigenvalue weighted by Gasteiger charge is 2.33. The molecule has 7 heteroatoms. The summed E-state index contributed by atoms with van der Waals surface area (Å²) in [6.07, 6.45) is 0.679. The highest BCUT2D eigenvalue weighted by molar-refractivity contribution is 5.94. The van der Waals surface area contributed by atoms with Gasteiger partial charge in [-0.15, -0.1) is 0 Å². The van der Waals surface area contributed by atoms with Gasteiger partial charge < -0.3 is 29.0 Å². The lowest BCUT2D eigenvalue weighted by atomic mass is 9.91. The summed E-state index contributed by atoms with van der Waals surface area (Å²) in [5, 5.41) is 9.61. The normalized spacial score (nSPS) is 14.9. The summed E-state index contributed by atoms with van der Waals surface area (Å²) in [5.41, 5.74) is 2.55. The molecule has 33 heavy (non-hydrogen) atoms. The van der Waals surface area contributed by atoms with Gasteiger partial charge in [0.05, 0.1) is 27.4 Å². The van der Waals surface area contributed by atoms with Crippen LogP contribution in [0.25, 0.3) is 0 Å². The van der Waals surface area contributed by atoms with E-state index in [1.165, 1.54) is 12.1 Å². The van der Waals surface area contributed by atoms with Crippen LogP contribution < -0.4 is 18.9 Å². The minimum Gasteiger partial charge on any atom is -0.508 e. The molecular formula is C26H27NO6. The van der Waals surface area contributed by atoms with Gasteiger partial charge in [0.2, 0.25) is 0 Å². The molecule has 0 bridgehead atoms. The number of fused-ring (bicyclic) bond motifs is 1. The molecule has 3 aromatic carbocycles. The first kappa shape index (κ1) is 22.3. The number of aromatic hydroxyl groups is 1. The maximum Gasteiger partial charge on any atom is 0.254 e. The zero-order valence-electron chi connectivity index (χ0n) is 18.9. The molecule has 0 spiro atoms. The molecule has 1 unspecified atom stereocenters. The molecule has 0 radical (unpaired) electrons. The molecule has 1 N–H and O–H groups in total. The van der Waals surface area contributed by atoms with Crippen LogP contribution >= 0.6 is 0 Å². The average Bonchev–Trinajstić information content (AvgIpc) is 2.86. The Bertz CT molecular complexity index is 1110. The predicted octanol–water partition coefficient (Wildman–Crippen LogP) is 4.24. The number of phenolic OH excluding ortho intramolecular Hbond substituents is 1. The Morgan fingerprint density at radius 1 is 0.909 bits per heavy atom. The largest absolute Gasteiger partial charge is 0.508 e. The molecule has 0 saturated heterocycles. The first-order chi connectivity index (χ1) is 16.0. The van der Waals surface area contributed by atoms with Gasteiger partial charge in [-0.2, -0.15) is 0 Å². The molecule has 1 aliphatic rings. The van der Waals surface area contributed by atoms with Gasteiger partial charge in [0.1, 0.15) is 23.9 Å². The van der Waals surface area contributed by atoms with Crippen LogP contribution in [0.5, 0.6) is 28.7 Å². The van der Waals surface area contributed by atoms with Crippen molar-refractivity contribution in [2.75, 3.05) is 34.5 Å². The van der Waals surface area contributed by atoms with E-state index in [1.54, 1.807) is 33.5 Å². The second-order valence-electron chi connectivity index (χ2n) is 7.70. The Morgan fingerprint density at radius 2 is 1.55 bits per heavy atom. The fourth-order valence-corrected chi connectivity index (χ4v) is 4.07. The van der Waals surface area contributed by atoms with E-state index in [2.05, 4.69) is 0 Å². The highest BCUT2D eigenvalue weighted by atomic mass is 16.5. The molecule has 1 amide bonds. The number of methoxy groups -OCH3 is 3. The van der Waals surface area contributed by atoms with Crippen LogP contribution in [0.1, 0.15) is 27.5 Å². The molecule has 1 heterocycles. The molecule has 3 aromatic rings. The first-order valence-electron chi connectivity index (χ1n) is 10.7. The summed E-state index contributed by atoms with van der Waals surface area (Å²) in [5.74, 6) is 2.67. The van der Waals surface area contributed by atoms with E-state index in [4.69, 9.17) is 18.9 Å². The number of amides is 1. The monoisotopic (exact) mass is 449 g/mol. The van der Waals surface area contributed by atoms with E-state index < -0.39 is 0 Å². The quantitative estimate of drug-likeness (QED) is 0.582. The number of hydrogen-bond donors (Lipinski definition) is 1. The Labute approximate surface area is 193 Å². The maximum absolute atomic E-state index is 13.4. The van der Waals surface area contributed by atoms with E-state index in [-0.39, 0.29) is 24.3 Å². The van der Waals surface area contributed by atoms with Gasteiger partial charge >= 0.3 is 0 Å². The third-order valence-corrected chi connectivity index (χ3v) is 5.85. The van der Waals surface area contributed by atoms with Crippen molar-refractivity contribution < 1.29 is 28.8 Å². The van der Waals surface area contributed by atoms with Crippen molar-refractivity contribution in [1.29, 1.82) is 0 Å². The smallest absolute Gasteiger partial charge is 0.254 e. The summed E-state index contributed by atoms with van der Waals surface area (Å²) < 4.78 is 22.3. The average molecular weight is 450 g/mol. The number of ether oxygens (including phenoxy) is 4. The van der Waals surface area contributed by atoms with Crippen molar-refractivity contribution in [3.8, 4) is 28.7 Å². The molecular weight excluding hydrogens is 422 g/mol. The lowest BCUT2D eigenvalue weighted by Gasteiger charge is -2.37. The number of phenols is 1. The molecule has 0 aliphatic carbocycles. The molecule has 172 valence electrons. The summed E-state index contributed by atoms with van der Waals surface area (Å²) in [6.45, 7) is 0.789. The van der Waals surface area contributed by atoms with Crippen LogP contribution in [-0.4, -0.2) is 50.4 Å². The van der Waals surface area contributed by atoms with E-state index in [0.717, 1.165) is 16.9 Å². The standard InChI is InChI=1S/C26H27NO6/c1-30-20-8-10-21(11-9-20)33-16-23-22-15-25(32-3)24(31-2)14-18(22)12-13-27(23)26(29)17-4-6-19(28)7-5-17/h4-11,14-15,23,28H,12-13,16H2,1-3H3. The Kier molecular flexibility index (Phi) is 6.58. The summed E-state index contributed by atoms with van der Waals surface area (Å²) in [6, 6.07) is 17.2. The Morgan fingerprint density at radius 3 is 2.18 bits per heavy atom. The van der Waals surface area contributed by atoms with Crippen molar-refractivity contribution in [2.24, 2.45) is 0 Å². The van der Waals surface area contributed by atoms with Crippen molar-refractivity contribution in [1.82, 2.24) is 4.90 Å².